The molecule has 2 heterocycles. The minimum atomic E-state index is -4.12. The van der Waals surface area contributed by atoms with Gasteiger partial charge in [0.25, 0.3) is 11.8 Å². The van der Waals surface area contributed by atoms with Crippen LogP contribution in [0.1, 0.15) is 22.6 Å². The second kappa shape index (κ2) is 13.5. The van der Waals surface area contributed by atoms with E-state index in [1.807, 2.05) is 29.2 Å². The molecule has 1 aromatic heterocycles. The predicted molar refractivity (Wildman–Crippen MR) is 149 cm³/mol. The SMILES string of the molecule is COCCN1CCC(C(=O)NO)(S(=O)(=O)c2ccc(OCCNC(=O)c3nc4ccccc4s3)cc2)CC1.Cl. The highest BCUT2D eigenvalue weighted by Crippen LogP contribution is 2.36. The molecule has 39 heavy (non-hydrogen) atoms. The van der Waals surface area contributed by atoms with Crippen molar-refractivity contribution in [3.8, 4) is 5.75 Å². The molecule has 1 aliphatic rings. The minimum absolute atomic E-state index is 0. The van der Waals surface area contributed by atoms with Crippen LogP contribution in [0, 0.1) is 0 Å². The number of hydrogen-bond acceptors (Lipinski definition) is 10. The number of rotatable bonds is 11. The summed E-state index contributed by atoms with van der Waals surface area (Å²) in [7, 11) is -2.53. The van der Waals surface area contributed by atoms with E-state index in [0.29, 0.717) is 37.0 Å². The van der Waals surface area contributed by atoms with Gasteiger partial charge in [-0.25, -0.2) is 18.9 Å². The number of piperidine rings is 1. The van der Waals surface area contributed by atoms with Gasteiger partial charge in [-0.05, 0) is 49.2 Å². The molecule has 212 valence electrons. The lowest BCUT2D eigenvalue weighted by molar-refractivity contribution is -0.133. The lowest BCUT2D eigenvalue weighted by Gasteiger charge is -2.39. The first-order valence-corrected chi connectivity index (χ1v) is 14.4. The molecule has 0 spiro atoms. The first-order chi connectivity index (χ1) is 18.3. The molecule has 11 nitrogen and oxygen atoms in total. The quantitative estimate of drug-likeness (QED) is 0.172. The Morgan fingerprint density at radius 1 is 1.10 bits per heavy atom. The first kappa shape index (κ1) is 30.7. The van der Waals surface area contributed by atoms with E-state index in [1.165, 1.54) is 35.6 Å². The van der Waals surface area contributed by atoms with E-state index in [4.69, 9.17) is 9.47 Å². The van der Waals surface area contributed by atoms with Gasteiger partial charge in [-0.2, -0.15) is 0 Å². The topological polar surface area (TPSA) is 147 Å². The Bertz CT molecular complexity index is 1340. The van der Waals surface area contributed by atoms with Gasteiger partial charge in [-0.1, -0.05) is 12.1 Å². The van der Waals surface area contributed by atoms with Crippen molar-refractivity contribution >= 4 is 55.6 Å². The van der Waals surface area contributed by atoms with Gasteiger partial charge in [-0.15, -0.1) is 23.7 Å². The molecule has 0 bridgehead atoms. The van der Waals surface area contributed by atoms with Crippen molar-refractivity contribution in [3.63, 3.8) is 0 Å². The molecule has 1 aliphatic heterocycles. The number of fused-ring (bicyclic) bond motifs is 1. The average molecular weight is 599 g/mol. The molecule has 1 saturated heterocycles. The smallest absolute Gasteiger partial charge is 0.280 e. The zero-order chi connectivity index (χ0) is 27.2. The number of nitrogens with one attached hydrogen (secondary N) is 2. The number of nitrogens with zero attached hydrogens (tertiary/aromatic N) is 2. The summed E-state index contributed by atoms with van der Waals surface area (Å²) < 4.78 is 37.0. The number of ether oxygens (including phenoxy) is 2. The van der Waals surface area contributed by atoms with Gasteiger partial charge >= 0.3 is 0 Å². The zero-order valence-corrected chi connectivity index (χ0v) is 23.7. The summed E-state index contributed by atoms with van der Waals surface area (Å²) in [6.07, 6.45) is 0.0795. The third-order valence-corrected chi connectivity index (χ3v) is 10.1. The monoisotopic (exact) mass is 598 g/mol. The summed E-state index contributed by atoms with van der Waals surface area (Å²) in [4.78, 5) is 31.3. The van der Waals surface area contributed by atoms with Gasteiger partial charge in [0.1, 0.15) is 12.4 Å². The highest BCUT2D eigenvalue weighted by atomic mass is 35.5. The molecular formula is C25H31ClN4O7S2. The number of carbonyl (C=O) groups excluding carboxylic acids is 2. The molecule has 3 N–H and O–H groups in total. The largest absolute Gasteiger partial charge is 0.492 e. The number of hydroxylamine groups is 1. The number of halogens is 1. The number of amides is 2. The lowest BCUT2D eigenvalue weighted by atomic mass is 9.95. The van der Waals surface area contributed by atoms with Gasteiger partial charge < -0.3 is 19.7 Å². The highest BCUT2D eigenvalue weighted by molar-refractivity contribution is 7.93. The average Bonchev–Trinajstić information content (AvgIpc) is 3.39. The normalized spacial score (nSPS) is 15.3. The molecular weight excluding hydrogens is 568 g/mol. The molecule has 0 atom stereocenters. The van der Waals surface area contributed by atoms with Gasteiger partial charge in [0.05, 0.1) is 28.3 Å². The Balaban J connectivity index is 0.00000420. The van der Waals surface area contributed by atoms with Crippen molar-refractivity contribution in [2.24, 2.45) is 0 Å². The molecule has 3 aromatic rings. The molecule has 14 heteroatoms. The van der Waals surface area contributed by atoms with Crippen molar-refractivity contribution in [2.45, 2.75) is 22.5 Å². The first-order valence-electron chi connectivity index (χ1n) is 12.1. The van der Waals surface area contributed by atoms with Crippen molar-refractivity contribution in [3.05, 3.63) is 53.5 Å². The van der Waals surface area contributed by atoms with Crippen LogP contribution < -0.4 is 15.5 Å². The van der Waals surface area contributed by atoms with Crippen LogP contribution in [0.5, 0.6) is 5.75 Å². The van der Waals surface area contributed by atoms with Gasteiger partial charge in [-0.3, -0.25) is 14.8 Å². The predicted octanol–water partition coefficient (Wildman–Crippen LogP) is 2.29. The Hall–Kier alpha value is -2.81. The third-order valence-electron chi connectivity index (χ3n) is 6.58. The molecule has 1 fully saturated rings. The van der Waals surface area contributed by atoms with Crippen LogP contribution >= 0.6 is 23.7 Å². The Morgan fingerprint density at radius 3 is 2.44 bits per heavy atom. The molecule has 0 saturated carbocycles. The van der Waals surface area contributed by atoms with E-state index in [-0.39, 0.29) is 49.2 Å². The number of likely N-dealkylation sites (tertiary alicyclic amines) is 1. The van der Waals surface area contributed by atoms with Gasteiger partial charge in [0, 0.05) is 26.7 Å². The van der Waals surface area contributed by atoms with E-state index < -0.39 is 20.5 Å². The second-order valence-corrected chi connectivity index (χ2v) is 12.1. The Morgan fingerprint density at radius 2 is 1.79 bits per heavy atom. The van der Waals surface area contributed by atoms with E-state index in [9.17, 15) is 23.2 Å². The summed E-state index contributed by atoms with van der Waals surface area (Å²) in [6, 6.07) is 13.3. The summed E-state index contributed by atoms with van der Waals surface area (Å²) in [6.45, 7) is 2.27. The van der Waals surface area contributed by atoms with Crippen LogP contribution in [-0.4, -0.2) is 86.6 Å². The van der Waals surface area contributed by atoms with Crippen LogP contribution in [-0.2, 0) is 19.4 Å². The maximum atomic E-state index is 13.6. The summed E-state index contributed by atoms with van der Waals surface area (Å²) in [5, 5.41) is 12.5. The van der Waals surface area contributed by atoms with Gasteiger partial charge in [0.15, 0.2) is 19.6 Å². The number of methoxy groups -OCH3 is 1. The van der Waals surface area contributed by atoms with Crippen LogP contribution in [0.25, 0.3) is 10.2 Å². The molecule has 2 aromatic carbocycles. The fourth-order valence-corrected chi connectivity index (χ4v) is 7.23. The van der Waals surface area contributed by atoms with Crippen molar-refractivity contribution in [1.82, 2.24) is 20.7 Å². The number of para-hydroxylation sites is 1. The Kier molecular flexibility index (Phi) is 10.6. The minimum Gasteiger partial charge on any atom is -0.492 e. The van der Waals surface area contributed by atoms with E-state index in [1.54, 1.807) is 12.6 Å². The number of sulfone groups is 1. The summed E-state index contributed by atoms with van der Waals surface area (Å²) in [5.74, 6) is -0.821. The van der Waals surface area contributed by atoms with E-state index >= 15 is 0 Å². The number of hydrogen-bond donors (Lipinski definition) is 3. The van der Waals surface area contributed by atoms with Crippen LogP contribution in [0.2, 0.25) is 0 Å². The fraction of sp³-hybridized carbons (Fsp3) is 0.400. The lowest BCUT2D eigenvalue weighted by Crippen LogP contribution is -2.57. The standard InChI is InChI=1S/C25H30N4O7S2.ClH/c1-35-17-15-29-13-10-25(11-14-29,24(31)28-32)38(33,34)19-8-6-18(7-9-19)36-16-12-26-22(30)23-27-20-4-2-3-5-21(20)37-23;/h2-9,32H,10-17H2,1H3,(H,26,30)(H,28,31);1H. The maximum Gasteiger partial charge on any atom is 0.280 e. The number of thiazole rings is 1. The van der Waals surface area contributed by atoms with Crippen molar-refractivity contribution in [2.75, 3.05) is 46.5 Å². The summed E-state index contributed by atoms with van der Waals surface area (Å²) in [5.41, 5.74) is 2.33. The maximum absolute atomic E-state index is 13.6. The number of carbonyl (C=O) groups is 2. The number of aromatic nitrogens is 1. The Labute approximate surface area is 236 Å². The van der Waals surface area contributed by atoms with E-state index in [2.05, 4.69) is 10.3 Å². The van der Waals surface area contributed by atoms with Gasteiger partial charge in [0.2, 0.25) is 0 Å². The fourth-order valence-electron chi connectivity index (χ4n) is 4.40. The molecule has 0 aliphatic carbocycles. The van der Waals surface area contributed by atoms with Crippen LogP contribution in [0.15, 0.2) is 53.4 Å². The highest BCUT2D eigenvalue weighted by Gasteiger charge is 2.52. The van der Waals surface area contributed by atoms with E-state index in [0.717, 1.165) is 10.2 Å². The second-order valence-electron chi connectivity index (χ2n) is 8.84. The third kappa shape index (κ3) is 6.68. The molecule has 0 unspecified atom stereocenters. The molecule has 4 rings (SSSR count). The summed E-state index contributed by atoms with van der Waals surface area (Å²) >= 11 is 1.31. The van der Waals surface area contributed by atoms with Crippen LogP contribution in [0.3, 0.4) is 0 Å². The number of benzene rings is 2. The van der Waals surface area contributed by atoms with Crippen molar-refractivity contribution < 1.29 is 32.7 Å². The van der Waals surface area contributed by atoms with Crippen LogP contribution in [0.4, 0.5) is 0 Å². The van der Waals surface area contributed by atoms with Crippen molar-refractivity contribution in [1.29, 1.82) is 0 Å². The molecule has 0 radical (unpaired) electrons. The molecule has 2 amide bonds. The zero-order valence-electron chi connectivity index (χ0n) is 21.3.